The fraction of sp³-hybridized carbons (Fsp3) is 0.349. The van der Waals surface area contributed by atoms with E-state index in [0.29, 0.717) is 26.4 Å². The summed E-state index contributed by atoms with van der Waals surface area (Å²) >= 11 is 0. The van der Waals surface area contributed by atoms with E-state index in [1.54, 1.807) is 0 Å². The van der Waals surface area contributed by atoms with Gasteiger partial charge < -0.3 is 23.8 Å². The first-order valence-electron chi connectivity index (χ1n) is 25.8. The number of aromatic nitrogens is 1. The van der Waals surface area contributed by atoms with Crippen molar-refractivity contribution >= 4 is 17.1 Å². The average molecular weight is 923 g/mol. The molecular formula is C63H74N2O4. The summed E-state index contributed by atoms with van der Waals surface area (Å²) in [6.45, 7) is 15.7. The minimum absolute atomic E-state index is 0.626. The molecule has 7 aromatic rings. The van der Waals surface area contributed by atoms with E-state index in [0.717, 1.165) is 162 Å². The van der Waals surface area contributed by atoms with Gasteiger partial charge in [-0.1, -0.05) is 151 Å². The molecule has 0 spiro atoms. The maximum Gasteiger partial charge on any atom is 0.132 e. The van der Waals surface area contributed by atoms with Gasteiger partial charge in [-0.15, -0.1) is 0 Å². The smallest absolute Gasteiger partial charge is 0.132 e. The standard InChI is InChI=1S/C63H74N2O4/c1-7-11-15-39-66-56-35-37-58(62(45-56)68-41-17-13-9-3)60-43-52(44-61(64-60)59-38-36-57(67-40-16-12-8-2)46-63(59)69-42-18-14-10-4)51-25-23-49(24-26-51)50-27-33-55(34-28-50)65(53-29-19-47(5)20-30-53)54-31-21-48(6)22-32-54/h19-38,43-46H,7-18,39-42H2,1-6H3. The molecule has 0 bridgehead atoms. The number of nitrogens with zero attached hydrogens (tertiary/aromatic N) is 2. The van der Waals surface area contributed by atoms with Gasteiger partial charge >= 0.3 is 0 Å². The number of hydrogen-bond donors (Lipinski definition) is 0. The molecule has 0 saturated heterocycles. The molecule has 0 N–H and O–H groups in total. The molecule has 0 atom stereocenters. The Balaban J connectivity index is 1.27. The second kappa shape index (κ2) is 26.3. The summed E-state index contributed by atoms with van der Waals surface area (Å²) < 4.78 is 25.7. The molecule has 0 unspecified atom stereocenters. The number of unbranched alkanes of at least 4 members (excludes halogenated alkanes) is 8. The van der Waals surface area contributed by atoms with E-state index in [1.807, 2.05) is 0 Å². The summed E-state index contributed by atoms with van der Waals surface area (Å²) in [5.41, 5.74) is 13.8. The Bertz CT molecular complexity index is 2490. The van der Waals surface area contributed by atoms with Crippen molar-refractivity contribution in [2.45, 2.75) is 119 Å². The predicted octanol–water partition coefficient (Wildman–Crippen LogP) is 18.1. The first kappa shape index (κ1) is 50.3. The minimum Gasteiger partial charge on any atom is -0.493 e. The number of rotatable bonds is 27. The third kappa shape index (κ3) is 14.3. The normalized spacial score (nSPS) is 11.1. The zero-order valence-electron chi connectivity index (χ0n) is 42.2. The summed E-state index contributed by atoms with van der Waals surface area (Å²) in [7, 11) is 0. The Kier molecular flexibility index (Phi) is 19.2. The van der Waals surface area contributed by atoms with E-state index in [2.05, 4.69) is 192 Å². The number of anilines is 3. The first-order valence-corrected chi connectivity index (χ1v) is 25.8. The predicted molar refractivity (Wildman–Crippen MR) is 290 cm³/mol. The van der Waals surface area contributed by atoms with Crippen molar-refractivity contribution in [1.82, 2.24) is 4.98 Å². The number of ether oxygens (including phenoxy) is 4. The molecule has 0 saturated carbocycles. The fourth-order valence-corrected chi connectivity index (χ4v) is 8.47. The van der Waals surface area contributed by atoms with Crippen LogP contribution >= 0.6 is 0 Å². The Morgan fingerprint density at radius 1 is 0.348 bits per heavy atom. The van der Waals surface area contributed by atoms with Crippen molar-refractivity contribution in [3.05, 3.63) is 157 Å². The van der Waals surface area contributed by atoms with E-state index in [4.69, 9.17) is 23.9 Å². The Morgan fingerprint density at radius 3 is 1.06 bits per heavy atom. The second-order valence-corrected chi connectivity index (χ2v) is 18.3. The second-order valence-electron chi connectivity index (χ2n) is 18.3. The lowest BCUT2D eigenvalue weighted by Gasteiger charge is -2.26. The lowest BCUT2D eigenvalue weighted by molar-refractivity contribution is 0.292. The molecule has 6 heteroatoms. The van der Waals surface area contributed by atoms with Crippen molar-refractivity contribution in [2.24, 2.45) is 0 Å². The van der Waals surface area contributed by atoms with E-state index in [9.17, 15) is 0 Å². The van der Waals surface area contributed by atoms with Crippen LogP contribution in [0, 0.1) is 13.8 Å². The molecule has 69 heavy (non-hydrogen) atoms. The minimum atomic E-state index is 0.626. The van der Waals surface area contributed by atoms with Crippen LogP contribution in [0.25, 0.3) is 44.8 Å². The van der Waals surface area contributed by atoms with Crippen LogP contribution in [0.3, 0.4) is 0 Å². The van der Waals surface area contributed by atoms with Crippen LogP contribution in [0.2, 0.25) is 0 Å². The van der Waals surface area contributed by atoms with Crippen molar-refractivity contribution in [1.29, 1.82) is 0 Å². The molecule has 6 nitrogen and oxygen atoms in total. The van der Waals surface area contributed by atoms with Gasteiger partial charge in [-0.3, -0.25) is 0 Å². The molecule has 7 rings (SSSR count). The summed E-state index contributed by atoms with van der Waals surface area (Å²) in [5.74, 6) is 3.19. The first-order chi connectivity index (χ1) is 33.9. The van der Waals surface area contributed by atoms with Crippen LogP contribution in [0.1, 0.15) is 116 Å². The fourth-order valence-electron chi connectivity index (χ4n) is 8.47. The highest BCUT2D eigenvalue weighted by Crippen LogP contribution is 2.41. The van der Waals surface area contributed by atoms with Gasteiger partial charge in [-0.2, -0.15) is 0 Å². The highest BCUT2D eigenvalue weighted by Gasteiger charge is 2.18. The molecule has 0 aliphatic carbocycles. The number of pyridine rings is 1. The number of hydrogen-bond acceptors (Lipinski definition) is 6. The van der Waals surface area contributed by atoms with Crippen LogP contribution in [0.5, 0.6) is 23.0 Å². The monoisotopic (exact) mass is 923 g/mol. The lowest BCUT2D eigenvalue weighted by Crippen LogP contribution is -2.09. The maximum atomic E-state index is 6.61. The van der Waals surface area contributed by atoms with Gasteiger partial charge in [-0.25, -0.2) is 4.98 Å². The summed E-state index contributed by atoms with van der Waals surface area (Å²) in [5, 5.41) is 0. The van der Waals surface area contributed by atoms with Crippen LogP contribution in [0.15, 0.2) is 146 Å². The van der Waals surface area contributed by atoms with Crippen molar-refractivity contribution in [3.63, 3.8) is 0 Å². The molecule has 0 fully saturated rings. The summed E-state index contributed by atoms with van der Waals surface area (Å²) in [6.07, 6.45) is 13.1. The van der Waals surface area contributed by atoms with Gasteiger partial charge in [0.25, 0.3) is 0 Å². The SMILES string of the molecule is CCCCCOc1ccc(-c2cc(-c3ccc(-c4ccc(N(c5ccc(C)cc5)c5ccc(C)cc5)cc4)cc3)cc(-c3ccc(OCCCCC)cc3OCCCCC)n2)c(OCCCCC)c1. The quantitative estimate of drug-likeness (QED) is 0.0479. The van der Waals surface area contributed by atoms with Crippen LogP contribution < -0.4 is 23.8 Å². The van der Waals surface area contributed by atoms with Gasteiger partial charge in [0.2, 0.25) is 0 Å². The van der Waals surface area contributed by atoms with Crippen molar-refractivity contribution in [2.75, 3.05) is 31.3 Å². The van der Waals surface area contributed by atoms with Gasteiger partial charge in [0, 0.05) is 40.3 Å². The van der Waals surface area contributed by atoms with E-state index in [-0.39, 0.29) is 0 Å². The number of aryl methyl sites for hydroxylation is 2. The zero-order valence-corrected chi connectivity index (χ0v) is 42.2. The molecular weight excluding hydrogens is 849 g/mol. The zero-order chi connectivity index (χ0) is 48.2. The van der Waals surface area contributed by atoms with Crippen molar-refractivity contribution in [3.8, 4) is 67.8 Å². The third-order valence-corrected chi connectivity index (χ3v) is 12.6. The van der Waals surface area contributed by atoms with Gasteiger partial charge in [-0.05, 0) is 135 Å². The van der Waals surface area contributed by atoms with Gasteiger partial charge in [0.05, 0.1) is 37.8 Å². The van der Waals surface area contributed by atoms with E-state index in [1.165, 1.54) is 11.1 Å². The Hall–Kier alpha value is -6.53. The topological polar surface area (TPSA) is 53.1 Å². The Labute approximate surface area is 413 Å². The molecule has 0 aliphatic rings. The molecule has 1 heterocycles. The molecule has 0 radical (unpaired) electrons. The highest BCUT2D eigenvalue weighted by molar-refractivity contribution is 5.83. The Morgan fingerprint density at radius 2 is 0.681 bits per heavy atom. The van der Waals surface area contributed by atoms with Crippen LogP contribution in [0.4, 0.5) is 17.1 Å². The summed E-state index contributed by atoms with van der Waals surface area (Å²) in [4.78, 5) is 7.75. The molecule has 1 aromatic heterocycles. The van der Waals surface area contributed by atoms with Crippen LogP contribution in [-0.4, -0.2) is 31.4 Å². The summed E-state index contributed by atoms with van der Waals surface area (Å²) in [6, 6.07) is 52.1. The van der Waals surface area contributed by atoms with Crippen LogP contribution in [-0.2, 0) is 0 Å². The molecule has 0 aliphatic heterocycles. The molecule has 0 amide bonds. The van der Waals surface area contributed by atoms with Crippen molar-refractivity contribution < 1.29 is 18.9 Å². The van der Waals surface area contributed by atoms with Gasteiger partial charge in [0.1, 0.15) is 23.0 Å². The maximum absolute atomic E-state index is 6.61. The van der Waals surface area contributed by atoms with E-state index < -0.39 is 0 Å². The molecule has 6 aromatic carbocycles. The lowest BCUT2D eigenvalue weighted by atomic mass is 9.97. The molecule has 360 valence electrons. The largest absolute Gasteiger partial charge is 0.493 e. The van der Waals surface area contributed by atoms with Gasteiger partial charge in [0.15, 0.2) is 0 Å². The third-order valence-electron chi connectivity index (χ3n) is 12.6. The van der Waals surface area contributed by atoms with E-state index >= 15 is 0 Å². The highest BCUT2D eigenvalue weighted by atomic mass is 16.5. The number of benzene rings is 6. The average Bonchev–Trinajstić information content (AvgIpc) is 3.38.